The summed E-state index contributed by atoms with van der Waals surface area (Å²) in [5.74, 6) is -1.74. The van der Waals surface area contributed by atoms with Gasteiger partial charge < -0.3 is 0 Å². The molecular weight excluding hydrogens is 340 g/mol. The molecule has 1 fully saturated rings. The highest BCUT2D eigenvalue weighted by Crippen LogP contribution is 2.14. The van der Waals surface area contributed by atoms with E-state index in [1.807, 2.05) is 0 Å². The van der Waals surface area contributed by atoms with Crippen molar-refractivity contribution >= 4 is 39.6 Å². The Morgan fingerprint density at radius 1 is 1.10 bits per heavy atom. The van der Waals surface area contributed by atoms with Crippen molar-refractivity contribution in [2.24, 2.45) is 0 Å². The Bertz CT molecular complexity index is 612. The van der Waals surface area contributed by atoms with Gasteiger partial charge in [0.15, 0.2) is 5.78 Å². The maximum absolute atomic E-state index is 11.9. The van der Waals surface area contributed by atoms with Crippen molar-refractivity contribution in [2.45, 2.75) is 12.8 Å². The lowest BCUT2D eigenvalue weighted by molar-refractivity contribution is -0.142. The van der Waals surface area contributed by atoms with Crippen LogP contribution in [0.4, 0.5) is 4.79 Å². The van der Waals surface area contributed by atoms with Crippen molar-refractivity contribution < 1.29 is 19.2 Å². The van der Waals surface area contributed by atoms with E-state index < -0.39 is 17.8 Å². The summed E-state index contributed by atoms with van der Waals surface area (Å²) in [6.45, 7) is 0.0655. The molecule has 1 aliphatic rings. The van der Waals surface area contributed by atoms with E-state index in [4.69, 9.17) is 0 Å². The number of hydrogen-bond donors (Lipinski definition) is 0. The average molecular weight is 353 g/mol. The second-order valence-corrected chi connectivity index (χ2v) is 5.55. The maximum Gasteiger partial charge on any atom is 0.333 e. The van der Waals surface area contributed by atoms with Crippen molar-refractivity contribution in [3.05, 3.63) is 34.3 Å². The van der Waals surface area contributed by atoms with Gasteiger partial charge in [0.1, 0.15) is 0 Å². The van der Waals surface area contributed by atoms with Gasteiger partial charge in [0.2, 0.25) is 0 Å². The molecule has 0 atom stereocenters. The van der Waals surface area contributed by atoms with Crippen LogP contribution in [0.25, 0.3) is 0 Å². The third-order valence-corrected chi connectivity index (χ3v) is 3.73. The van der Waals surface area contributed by atoms with E-state index in [0.717, 1.165) is 14.3 Å². The monoisotopic (exact) mass is 352 g/mol. The smallest absolute Gasteiger partial charge is 0.294 e. The Morgan fingerprint density at radius 3 is 2.24 bits per heavy atom. The Balaban J connectivity index is 1.89. The molecule has 1 aliphatic heterocycles. The maximum atomic E-state index is 11.9. The quantitative estimate of drug-likeness (QED) is 0.460. The molecule has 110 valence electrons. The zero-order chi connectivity index (χ0) is 15.6. The number of benzene rings is 1. The highest BCUT2D eigenvalue weighted by Gasteiger charge is 2.41. The molecule has 0 aliphatic carbocycles. The van der Waals surface area contributed by atoms with Gasteiger partial charge >= 0.3 is 17.8 Å². The number of urea groups is 1. The predicted molar refractivity (Wildman–Crippen MR) is 77.6 cm³/mol. The summed E-state index contributed by atoms with van der Waals surface area (Å²) in [6.07, 6.45) is 0.532. The highest BCUT2D eigenvalue weighted by atomic mass is 79.9. The number of hydrogen-bond acceptors (Lipinski definition) is 4. The van der Waals surface area contributed by atoms with E-state index in [0.29, 0.717) is 12.0 Å². The van der Waals surface area contributed by atoms with Gasteiger partial charge in [-0.1, -0.05) is 28.1 Å². The SMILES string of the molecule is CN1C(=O)C(=O)N(CCCC(=O)c2ccc(Br)cc2)C1=O. The van der Waals surface area contributed by atoms with Crippen molar-refractivity contribution in [3.8, 4) is 0 Å². The van der Waals surface area contributed by atoms with Crippen LogP contribution < -0.4 is 0 Å². The molecule has 0 radical (unpaired) electrons. The van der Waals surface area contributed by atoms with Gasteiger partial charge in [-0.2, -0.15) is 0 Å². The Labute approximate surface area is 129 Å². The fourth-order valence-electron chi connectivity index (χ4n) is 1.99. The summed E-state index contributed by atoms with van der Waals surface area (Å²) in [7, 11) is 1.26. The Kier molecular flexibility index (Phi) is 4.52. The van der Waals surface area contributed by atoms with Gasteiger partial charge in [0.25, 0.3) is 0 Å². The molecule has 0 spiro atoms. The van der Waals surface area contributed by atoms with Gasteiger partial charge in [0, 0.05) is 30.0 Å². The van der Waals surface area contributed by atoms with E-state index in [-0.39, 0.29) is 18.7 Å². The van der Waals surface area contributed by atoms with Crippen LogP contribution in [0.5, 0.6) is 0 Å². The van der Waals surface area contributed by atoms with Crippen molar-refractivity contribution in [2.75, 3.05) is 13.6 Å². The summed E-state index contributed by atoms with van der Waals surface area (Å²) >= 11 is 3.29. The fourth-order valence-corrected chi connectivity index (χ4v) is 2.25. The number of carbonyl (C=O) groups excluding carboxylic acids is 4. The van der Waals surface area contributed by atoms with Crippen LogP contribution in [0.2, 0.25) is 0 Å². The zero-order valence-electron chi connectivity index (χ0n) is 11.3. The largest absolute Gasteiger partial charge is 0.333 e. The van der Waals surface area contributed by atoms with Crippen molar-refractivity contribution in [1.29, 1.82) is 0 Å². The molecule has 1 aromatic carbocycles. The second-order valence-electron chi connectivity index (χ2n) is 4.64. The van der Waals surface area contributed by atoms with E-state index in [2.05, 4.69) is 15.9 Å². The molecule has 0 unspecified atom stereocenters. The molecule has 0 N–H and O–H groups in total. The molecule has 1 aromatic rings. The molecule has 4 amide bonds. The molecular formula is C14H13BrN2O4. The molecule has 0 aromatic heterocycles. The summed E-state index contributed by atoms with van der Waals surface area (Å²) in [4.78, 5) is 48.1. The number of imide groups is 2. The summed E-state index contributed by atoms with van der Waals surface area (Å²) in [5.41, 5.74) is 0.575. The van der Waals surface area contributed by atoms with Gasteiger partial charge in [-0.25, -0.2) is 4.79 Å². The number of likely N-dealkylation sites (N-methyl/N-ethyl adjacent to an activating group) is 1. The van der Waals surface area contributed by atoms with Gasteiger partial charge in [0.05, 0.1) is 0 Å². The molecule has 6 nitrogen and oxygen atoms in total. The van der Waals surface area contributed by atoms with Gasteiger partial charge in [-0.15, -0.1) is 0 Å². The summed E-state index contributed by atoms with van der Waals surface area (Å²) in [6, 6.07) is 6.32. The lowest BCUT2D eigenvalue weighted by Crippen LogP contribution is -2.32. The van der Waals surface area contributed by atoms with Crippen LogP contribution in [0.15, 0.2) is 28.7 Å². The lowest BCUT2D eigenvalue weighted by atomic mass is 10.1. The zero-order valence-corrected chi connectivity index (χ0v) is 12.9. The summed E-state index contributed by atoms with van der Waals surface area (Å²) in [5, 5.41) is 0. The van der Waals surface area contributed by atoms with Crippen LogP contribution >= 0.6 is 15.9 Å². The average Bonchev–Trinajstić information content (AvgIpc) is 2.65. The number of nitrogens with zero attached hydrogens (tertiary/aromatic N) is 2. The highest BCUT2D eigenvalue weighted by molar-refractivity contribution is 9.10. The fraction of sp³-hybridized carbons (Fsp3) is 0.286. The minimum absolute atomic E-state index is 0.0655. The van der Waals surface area contributed by atoms with E-state index in [1.54, 1.807) is 24.3 Å². The first kappa shape index (κ1) is 15.4. The molecule has 0 saturated carbocycles. The molecule has 21 heavy (non-hydrogen) atoms. The lowest BCUT2D eigenvalue weighted by Gasteiger charge is -2.12. The first-order valence-corrected chi connectivity index (χ1v) is 7.13. The minimum Gasteiger partial charge on any atom is -0.294 e. The number of rotatable bonds is 5. The van der Waals surface area contributed by atoms with Gasteiger partial charge in [-0.3, -0.25) is 24.2 Å². The van der Waals surface area contributed by atoms with Crippen LogP contribution in [0.1, 0.15) is 23.2 Å². The van der Waals surface area contributed by atoms with Crippen LogP contribution in [-0.4, -0.2) is 47.0 Å². The van der Waals surface area contributed by atoms with E-state index in [1.165, 1.54) is 7.05 Å². The predicted octanol–water partition coefficient (Wildman–Crippen LogP) is 1.83. The van der Waals surface area contributed by atoms with Gasteiger partial charge in [-0.05, 0) is 18.6 Å². The molecule has 1 heterocycles. The Hall–Kier alpha value is -2.02. The third kappa shape index (κ3) is 3.18. The first-order valence-electron chi connectivity index (χ1n) is 6.34. The van der Waals surface area contributed by atoms with Crippen molar-refractivity contribution in [1.82, 2.24) is 9.80 Å². The summed E-state index contributed by atoms with van der Waals surface area (Å²) < 4.78 is 0.883. The molecule has 2 rings (SSSR count). The molecule has 1 saturated heterocycles. The normalized spacial score (nSPS) is 15.0. The third-order valence-electron chi connectivity index (χ3n) is 3.20. The first-order chi connectivity index (χ1) is 9.91. The molecule has 0 bridgehead atoms. The van der Waals surface area contributed by atoms with Crippen molar-refractivity contribution in [3.63, 3.8) is 0 Å². The minimum atomic E-state index is -0.835. The number of amides is 4. The van der Waals surface area contributed by atoms with Crippen LogP contribution in [-0.2, 0) is 9.59 Å². The van der Waals surface area contributed by atoms with E-state index >= 15 is 0 Å². The topological polar surface area (TPSA) is 74.8 Å². The van der Waals surface area contributed by atoms with Crippen LogP contribution in [0, 0.1) is 0 Å². The second kappa shape index (κ2) is 6.17. The van der Waals surface area contributed by atoms with E-state index in [9.17, 15) is 19.2 Å². The number of Topliss-reactive ketones (excluding diaryl/α,β-unsaturated/α-hetero) is 1. The molecule has 7 heteroatoms. The number of ketones is 1. The van der Waals surface area contributed by atoms with Crippen LogP contribution in [0.3, 0.4) is 0 Å². The Morgan fingerprint density at radius 2 is 1.71 bits per heavy atom. The number of halogens is 1. The standard InChI is InChI=1S/C14H13BrN2O4/c1-16-12(19)13(20)17(14(16)21)8-2-3-11(18)9-4-6-10(15)7-5-9/h4-7H,2-3,8H2,1H3. The number of carbonyl (C=O) groups is 4.